The van der Waals surface area contributed by atoms with Gasteiger partial charge in [0.05, 0.1) is 4.90 Å². The van der Waals surface area contributed by atoms with Crippen LogP contribution in [0.25, 0.3) is 17.5 Å². The maximum absolute atomic E-state index is 12.4. The topological polar surface area (TPSA) is 106 Å². The van der Waals surface area contributed by atoms with Gasteiger partial charge in [0.15, 0.2) is 5.82 Å². The highest BCUT2D eigenvalue weighted by Crippen LogP contribution is 2.25. The summed E-state index contributed by atoms with van der Waals surface area (Å²) in [6, 6.07) is 13.8. The van der Waals surface area contributed by atoms with E-state index in [2.05, 4.69) is 24.8 Å². The van der Waals surface area contributed by atoms with E-state index in [1.54, 1.807) is 18.2 Å². The molecule has 0 spiro atoms. The Labute approximate surface area is 187 Å². The fraction of sp³-hybridized carbons (Fsp3) is 0.261. The van der Waals surface area contributed by atoms with Crippen LogP contribution >= 0.6 is 0 Å². The average molecular weight is 452 g/mol. The van der Waals surface area contributed by atoms with Gasteiger partial charge in [-0.05, 0) is 55.8 Å². The number of aryl methyl sites for hydroxylation is 1. The molecule has 0 saturated carbocycles. The van der Waals surface area contributed by atoms with E-state index in [0.717, 1.165) is 48.6 Å². The van der Waals surface area contributed by atoms with Crippen LogP contribution in [0.1, 0.15) is 30.7 Å². The first-order valence-corrected chi connectivity index (χ1v) is 12.0. The number of hydrogen-bond acceptors (Lipinski definition) is 5. The molecule has 0 saturated heterocycles. The molecule has 2 N–H and O–H groups in total. The third-order valence-corrected chi connectivity index (χ3v) is 6.81. The zero-order valence-electron chi connectivity index (χ0n) is 17.8. The SMILES string of the molecule is CNS(=O)(=O)c1ccc(/C=C/C(=O)Nc2cccc(-c3nnc4n3CCCCC4)c2)cc1. The van der Waals surface area contributed by atoms with Crippen LogP contribution in [0, 0.1) is 0 Å². The molecule has 3 aromatic rings. The first-order valence-electron chi connectivity index (χ1n) is 10.5. The molecule has 0 fully saturated rings. The predicted octanol–water partition coefficient (Wildman–Crippen LogP) is 3.23. The van der Waals surface area contributed by atoms with Gasteiger partial charge in [-0.25, -0.2) is 13.1 Å². The molecule has 0 aliphatic carbocycles. The maximum atomic E-state index is 12.4. The zero-order valence-corrected chi connectivity index (χ0v) is 18.6. The number of amides is 1. The number of sulfonamides is 1. The van der Waals surface area contributed by atoms with Gasteiger partial charge in [0.2, 0.25) is 15.9 Å². The Morgan fingerprint density at radius 1 is 1.06 bits per heavy atom. The Kier molecular flexibility index (Phi) is 6.48. The van der Waals surface area contributed by atoms with Gasteiger partial charge in [0, 0.05) is 30.3 Å². The highest BCUT2D eigenvalue weighted by molar-refractivity contribution is 7.89. The number of aromatic nitrogens is 3. The molecule has 4 rings (SSSR count). The van der Waals surface area contributed by atoms with Gasteiger partial charge in [0.1, 0.15) is 5.82 Å². The molecule has 9 heteroatoms. The molecule has 0 unspecified atom stereocenters. The van der Waals surface area contributed by atoms with Crippen LogP contribution < -0.4 is 10.0 Å². The fourth-order valence-electron chi connectivity index (χ4n) is 3.67. The lowest BCUT2D eigenvalue weighted by molar-refractivity contribution is -0.111. The number of fused-ring (bicyclic) bond motifs is 1. The van der Waals surface area contributed by atoms with Gasteiger partial charge in [-0.2, -0.15) is 0 Å². The molecule has 1 aliphatic heterocycles. The minimum atomic E-state index is -3.48. The standard InChI is InChI=1S/C23H25N5O3S/c1-24-32(30,31)20-12-9-17(10-13-20)11-14-22(29)25-19-7-5-6-18(16-19)23-27-26-21-8-3-2-4-15-28(21)23/h5-7,9-14,16,24H,2-4,8,15H2,1H3,(H,25,29)/b14-11+. The van der Waals surface area contributed by atoms with E-state index in [1.165, 1.54) is 31.7 Å². The van der Waals surface area contributed by atoms with Gasteiger partial charge >= 0.3 is 0 Å². The van der Waals surface area contributed by atoms with E-state index in [1.807, 2.05) is 24.3 Å². The van der Waals surface area contributed by atoms with Crippen LogP contribution in [0.15, 0.2) is 59.5 Å². The van der Waals surface area contributed by atoms with Crippen LogP contribution in [0.2, 0.25) is 0 Å². The molecule has 2 aromatic carbocycles. The van der Waals surface area contributed by atoms with Crippen molar-refractivity contribution in [2.75, 3.05) is 12.4 Å². The molecular weight excluding hydrogens is 426 g/mol. The van der Waals surface area contributed by atoms with E-state index in [-0.39, 0.29) is 10.8 Å². The summed E-state index contributed by atoms with van der Waals surface area (Å²) in [7, 11) is -2.12. The Hall–Kier alpha value is -3.30. The lowest BCUT2D eigenvalue weighted by Gasteiger charge is -2.09. The van der Waals surface area contributed by atoms with E-state index >= 15 is 0 Å². The normalized spacial score (nSPS) is 14.2. The van der Waals surface area contributed by atoms with Crippen molar-refractivity contribution < 1.29 is 13.2 Å². The third kappa shape index (κ3) is 4.95. The van der Waals surface area contributed by atoms with Crippen molar-refractivity contribution in [1.29, 1.82) is 0 Å². The first-order chi connectivity index (χ1) is 15.5. The predicted molar refractivity (Wildman–Crippen MR) is 123 cm³/mol. The first kappa shape index (κ1) is 21.9. The number of anilines is 1. The Morgan fingerprint density at radius 3 is 2.66 bits per heavy atom. The van der Waals surface area contributed by atoms with Crippen molar-refractivity contribution in [2.24, 2.45) is 0 Å². The number of nitrogens with one attached hydrogen (secondary N) is 2. The minimum Gasteiger partial charge on any atom is -0.322 e. The van der Waals surface area contributed by atoms with Crippen molar-refractivity contribution in [3.63, 3.8) is 0 Å². The van der Waals surface area contributed by atoms with E-state index in [9.17, 15) is 13.2 Å². The molecular formula is C23H25N5O3S. The van der Waals surface area contributed by atoms with E-state index < -0.39 is 10.0 Å². The van der Waals surface area contributed by atoms with Gasteiger partial charge in [-0.15, -0.1) is 10.2 Å². The summed E-state index contributed by atoms with van der Waals surface area (Å²) in [4.78, 5) is 12.6. The average Bonchev–Trinajstić information content (AvgIpc) is 3.06. The summed E-state index contributed by atoms with van der Waals surface area (Å²) in [5.74, 6) is 1.56. The number of carbonyl (C=O) groups excluding carboxylic acids is 1. The molecule has 1 aliphatic rings. The Balaban J connectivity index is 1.45. The summed E-state index contributed by atoms with van der Waals surface area (Å²) in [5.41, 5.74) is 2.29. The molecule has 1 amide bonds. The van der Waals surface area contributed by atoms with Crippen LogP contribution in [-0.2, 0) is 27.8 Å². The molecule has 1 aromatic heterocycles. The lowest BCUT2D eigenvalue weighted by Crippen LogP contribution is -2.18. The summed E-state index contributed by atoms with van der Waals surface area (Å²) < 4.78 is 28.0. The highest BCUT2D eigenvalue weighted by atomic mass is 32.2. The summed E-state index contributed by atoms with van der Waals surface area (Å²) in [5, 5.41) is 11.6. The maximum Gasteiger partial charge on any atom is 0.248 e. The molecule has 0 atom stereocenters. The van der Waals surface area contributed by atoms with Gasteiger partial charge in [-0.1, -0.05) is 30.7 Å². The minimum absolute atomic E-state index is 0.171. The van der Waals surface area contributed by atoms with Gasteiger partial charge in [0.25, 0.3) is 0 Å². The van der Waals surface area contributed by atoms with E-state index in [4.69, 9.17) is 0 Å². The summed E-state index contributed by atoms with van der Waals surface area (Å²) in [6.45, 7) is 0.908. The zero-order chi connectivity index (χ0) is 22.6. The second-order valence-corrected chi connectivity index (χ2v) is 9.47. The fourth-order valence-corrected chi connectivity index (χ4v) is 4.40. The number of hydrogen-bond donors (Lipinski definition) is 2. The Bertz CT molecular complexity index is 1250. The molecule has 0 radical (unpaired) electrons. The molecule has 0 bridgehead atoms. The highest BCUT2D eigenvalue weighted by Gasteiger charge is 2.16. The largest absolute Gasteiger partial charge is 0.322 e. The number of nitrogens with zero attached hydrogens (tertiary/aromatic N) is 3. The van der Waals surface area contributed by atoms with Crippen LogP contribution in [0.5, 0.6) is 0 Å². The summed E-state index contributed by atoms with van der Waals surface area (Å²) in [6.07, 6.45) is 7.43. The van der Waals surface area contributed by atoms with E-state index in [0.29, 0.717) is 5.69 Å². The van der Waals surface area contributed by atoms with Crippen molar-refractivity contribution in [3.05, 3.63) is 66.0 Å². The molecule has 2 heterocycles. The number of benzene rings is 2. The Morgan fingerprint density at radius 2 is 1.88 bits per heavy atom. The van der Waals surface area contributed by atoms with Crippen molar-refractivity contribution in [1.82, 2.24) is 19.5 Å². The summed E-state index contributed by atoms with van der Waals surface area (Å²) >= 11 is 0. The quantitative estimate of drug-likeness (QED) is 0.560. The van der Waals surface area contributed by atoms with Crippen molar-refractivity contribution in [2.45, 2.75) is 37.1 Å². The van der Waals surface area contributed by atoms with Crippen molar-refractivity contribution in [3.8, 4) is 11.4 Å². The second kappa shape index (κ2) is 9.46. The molecule has 8 nitrogen and oxygen atoms in total. The smallest absolute Gasteiger partial charge is 0.248 e. The number of carbonyl (C=O) groups is 1. The van der Waals surface area contributed by atoms with Gasteiger partial charge in [-0.3, -0.25) is 4.79 Å². The van der Waals surface area contributed by atoms with Crippen LogP contribution in [-0.4, -0.2) is 36.1 Å². The number of rotatable bonds is 6. The monoisotopic (exact) mass is 451 g/mol. The van der Waals surface area contributed by atoms with Crippen LogP contribution in [0.4, 0.5) is 5.69 Å². The van der Waals surface area contributed by atoms with Crippen LogP contribution in [0.3, 0.4) is 0 Å². The molecule has 166 valence electrons. The van der Waals surface area contributed by atoms with Gasteiger partial charge < -0.3 is 9.88 Å². The molecule has 32 heavy (non-hydrogen) atoms. The third-order valence-electron chi connectivity index (χ3n) is 5.38. The van der Waals surface area contributed by atoms with Crippen molar-refractivity contribution >= 4 is 27.7 Å². The second-order valence-electron chi connectivity index (χ2n) is 7.58. The lowest BCUT2D eigenvalue weighted by atomic mass is 10.1.